The van der Waals surface area contributed by atoms with Crippen LogP contribution in [0.25, 0.3) is 10.6 Å². The minimum Gasteiger partial charge on any atom is -0.298 e. The first-order chi connectivity index (χ1) is 14.0. The fourth-order valence-corrected chi connectivity index (χ4v) is 3.96. The monoisotopic (exact) mass is 411 g/mol. The Bertz CT molecular complexity index is 1030. The van der Waals surface area contributed by atoms with Gasteiger partial charge in [0.1, 0.15) is 10.8 Å². The molecule has 0 atom stereocenters. The van der Waals surface area contributed by atoms with Crippen LogP contribution < -0.4 is 4.90 Å². The number of anilines is 1. The number of aldehydes is 1. The molecule has 0 bridgehead atoms. The summed E-state index contributed by atoms with van der Waals surface area (Å²) < 4.78 is 14.2. The zero-order valence-electron chi connectivity index (χ0n) is 16.6. The predicted octanol–water partition coefficient (Wildman–Crippen LogP) is 5.22. The largest absolute Gasteiger partial charge is 0.298 e. The Balaban J connectivity index is 1.97. The van der Waals surface area contributed by atoms with Crippen molar-refractivity contribution in [3.05, 3.63) is 64.5 Å². The van der Waals surface area contributed by atoms with E-state index >= 15 is 0 Å². The van der Waals surface area contributed by atoms with Gasteiger partial charge in [0.2, 0.25) is 5.13 Å². The molecule has 1 amide bonds. The summed E-state index contributed by atoms with van der Waals surface area (Å²) >= 11 is 1.28. The van der Waals surface area contributed by atoms with Crippen LogP contribution in [0, 0.1) is 19.7 Å². The van der Waals surface area contributed by atoms with Crippen molar-refractivity contribution in [2.75, 3.05) is 11.4 Å². The van der Waals surface area contributed by atoms with Gasteiger partial charge in [0.15, 0.2) is 6.29 Å². The lowest BCUT2D eigenvalue weighted by atomic mass is 10.0. The van der Waals surface area contributed by atoms with Crippen LogP contribution in [-0.2, 0) is 0 Å². The molecule has 2 aromatic carbocycles. The normalized spacial score (nSPS) is 10.8. The van der Waals surface area contributed by atoms with Gasteiger partial charge in [-0.15, -0.1) is 10.2 Å². The Hall–Kier alpha value is -2.93. The summed E-state index contributed by atoms with van der Waals surface area (Å²) in [7, 11) is 0. The Morgan fingerprint density at radius 1 is 1.17 bits per heavy atom. The highest BCUT2D eigenvalue weighted by molar-refractivity contribution is 7.18. The summed E-state index contributed by atoms with van der Waals surface area (Å²) in [4.78, 5) is 25.7. The number of carbonyl (C=O) groups excluding carboxylic acids is 2. The van der Waals surface area contributed by atoms with Gasteiger partial charge in [-0.2, -0.15) is 0 Å². The lowest BCUT2D eigenvalue weighted by molar-refractivity contribution is 0.0982. The number of nitrogens with zero attached hydrogens (tertiary/aromatic N) is 3. The van der Waals surface area contributed by atoms with Crippen LogP contribution in [0.1, 0.15) is 51.6 Å². The molecule has 0 aliphatic heterocycles. The van der Waals surface area contributed by atoms with E-state index in [1.165, 1.54) is 28.4 Å². The molecule has 0 aliphatic rings. The van der Waals surface area contributed by atoms with Gasteiger partial charge >= 0.3 is 0 Å². The van der Waals surface area contributed by atoms with Crippen LogP contribution in [-0.4, -0.2) is 28.9 Å². The Labute approximate surface area is 173 Å². The third-order valence-electron chi connectivity index (χ3n) is 4.69. The van der Waals surface area contributed by atoms with Crippen LogP contribution in [0.2, 0.25) is 0 Å². The van der Waals surface area contributed by atoms with E-state index in [1.54, 1.807) is 12.1 Å². The number of unbranched alkanes of at least 4 members (excludes halogenated alkanes) is 1. The van der Waals surface area contributed by atoms with E-state index in [-0.39, 0.29) is 5.56 Å². The summed E-state index contributed by atoms with van der Waals surface area (Å²) in [5, 5.41) is 9.52. The minimum atomic E-state index is -0.556. The van der Waals surface area contributed by atoms with E-state index in [1.807, 2.05) is 32.9 Å². The number of aryl methyl sites for hydroxylation is 2. The van der Waals surface area contributed by atoms with Crippen molar-refractivity contribution in [1.29, 1.82) is 0 Å². The summed E-state index contributed by atoms with van der Waals surface area (Å²) in [5.41, 5.74) is 3.23. The molecule has 3 aromatic rings. The zero-order valence-corrected chi connectivity index (χ0v) is 17.4. The fraction of sp³-hybridized carbons (Fsp3) is 0.273. The number of hydrogen-bond donors (Lipinski definition) is 0. The van der Waals surface area contributed by atoms with Crippen LogP contribution >= 0.6 is 11.3 Å². The molecule has 1 aromatic heterocycles. The lowest BCUT2D eigenvalue weighted by Gasteiger charge is -2.19. The molecule has 0 radical (unpaired) electrons. The van der Waals surface area contributed by atoms with Gasteiger partial charge in [-0.25, -0.2) is 4.39 Å². The first kappa shape index (κ1) is 20.8. The average Bonchev–Trinajstić information content (AvgIpc) is 3.18. The number of halogens is 1. The number of benzene rings is 2. The number of rotatable bonds is 7. The molecule has 3 rings (SSSR count). The van der Waals surface area contributed by atoms with Gasteiger partial charge in [0, 0.05) is 17.7 Å². The average molecular weight is 412 g/mol. The molecule has 0 aliphatic carbocycles. The maximum absolute atomic E-state index is 14.2. The molecule has 1 heterocycles. The SMILES string of the molecule is CCCCN(C(=O)c1ccccc1F)c1nnc(-c2cc(C)c(C=O)c(C)c2)s1. The summed E-state index contributed by atoms with van der Waals surface area (Å²) in [5.74, 6) is -0.984. The first-order valence-corrected chi connectivity index (χ1v) is 10.2. The predicted molar refractivity (Wildman–Crippen MR) is 113 cm³/mol. The molecule has 150 valence electrons. The highest BCUT2D eigenvalue weighted by atomic mass is 32.1. The van der Waals surface area contributed by atoms with E-state index < -0.39 is 11.7 Å². The second-order valence-electron chi connectivity index (χ2n) is 6.82. The van der Waals surface area contributed by atoms with Gasteiger partial charge in [-0.3, -0.25) is 14.5 Å². The minimum absolute atomic E-state index is 0.0161. The smallest absolute Gasteiger partial charge is 0.263 e. The van der Waals surface area contributed by atoms with Gasteiger partial charge in [0.05, 0.1) is 5.56 Å². The Morgan fingerprint density at radius 3 is 2.48 bits per heavy atom. The maximum atomic E-state index is 14.2. The van der Waals surface area contributed by atoms with E-state index in [0.29, 0.717) is 22.2 Å². The van der Waals surface area contributed by atoms with Gasteiger partial charge in [-0.1, -0.05) is 36.8 Å². The summed E-state index contributed by atoms with van der Waals surface area (Å²) in [6, 6.07) is 9.71. The number of carbonyl (C=O) groups is 2. The first-order valence-electron chi connectivity index (χ1n) is 9.43. The third-order valence-corrected chi connectivity index (χ3v) is 5.68. The standard InChI is InChI=1S/C22H22FN3O2S/c1-4-5-10-26(21(28)17-8-6-7-9-19(17)23)22-25-24-20(29-22)16-11-14(2)18(13-27)15(3)12-16/h6-9,11-13H,4-5,10H2,1-3H3. The third kappa shape index (κ3) is 4.40. The van der Waals surface area contributed by atoms with E-state index in [9.17, 15) is 14.0 Å². The van der Waals surface area contributed by atoms with Gasteiger partial charge in [0.25, 0.3) is 5.91 Å². The zero-order chi connectivity index (χ0) is 21.0. The lowest BCUT2D eigenvalue weighted by Crippen LogP contribution is -2.32. The number of hydrogen-bond acceptors (Lipinski definition) is 5. The molecular weight excluding hydrogens is 389 g/mol. The molecule has 29 heavy (non-hydrogen) atoms. The second-order valence-corrected chi connectivity index (χ2v) is 7.78. The van der Waals surface area contributed by atoms with Crippen molar-refractivity contribution < 1.29 is 14.0 Å². The van der Waals surface area contributed by atoms with Gasteiger partial charge in [-0.05, 0) is 55.7 Å². The molecule has 0 spiro atoms. The van der Waals surface area contributed by atoms with E-state index in [4.69, 9.17) is 0 Å². The van der Waals surface area contributed by atoms with Crippen LogP contribution in [0.5, 0.6) is 0 Å². The fourth-order valence-electron chi connectivity index (χ4n) is 3.11. The van der Waals surface area contributed by atoms with Gasteiger partial charge < -0.3 is 0 Å². The quantitative estimate of drug-likeness (QED) is 0.500. The molecule has 0 fully saturated rings. The summed E-state index contributed by atoms with van der Waals surface area (Å²) in [6.07, 6.45) is 2.50. The Morgan fingerprint density at radius 2 is 1.86 bits per heavy atom. The molecule has 0 saturated carbocycles. The Kier molecular flexibility index (Phi) is 6.49. The van der Waals surface area contributed by atoms with Crippen molar-refractivity contribution in [2.45, 2.75) is 33.6 Å². The van der Waals surface area contributed by atoms with Crippen molar-refractivity contribution in [3.8, 4) is 10.6 Å². The second kappa shape index (κ2) is 9.05. The van der Waals surface area contributed by atoms with Crippen molar-refractivity contribution in [1.82, 2.24) is 10.2 Å². The number of amides is 1. The van der Waals surface area contributed by atoms with Crippen molar-refractivity contribution in [3.63, 3.8) is 0 Å². The van der Waals surface area contributed by atoms with Crippen molar-refractivity contribution in [2.24, 2.45) is 0 Å². The molecule has 5 nitrogen and oxygen atoms in total. The molecule has 0 unspecified atom stereocenters. The number of aromatic nitrogens is 2. The summed E-state index contributed by atoms with van der Waals surface area (Å²) in [6.45, 7) is 6.20. The van der Waals surface area contributed by atoms with Crippen LogP contribution in [0.4, 0.5) is 9.52 Å². The molecule has 0 N–H and O–H groups in total. The highest BCUT2D eigenvalue weighted by Gasteiger charge is 2.24. The van der Waals surface area contributed by atoms with Crippen LogP contribution in [0.15, 0.2) is 36.4 Å². The van der Waals surface area contributed by atoms with E-state index in [2.05, 4.69) is 10.2 Å². The maximum Gasteiger partial charge on any atom is 0.263 e. The molecule has 0 saturated heterocycles. The topological polar surface area (TPSA) is 63.2 Å². The van der Waals surface area contributed by atoms with Crippen molar-refractivity contribution >= 4 is 28.7 Å². The highest BCUT2D eigenvalue weighted by Crippen LogP contribution is 2.32. The van der Waals surface area contributed by atoms with E-state index in [0.717, 1.165) is 35.8 Å². The van der Waals surface area contributed by atoms with Crippen LogP contribution in [0.3, 0.4) is 0 Å². The molecular formula is C22H22FN3O2S. The molecule has 7 heteroatoms.